The Bertz CT molecular complexity index is 324. The van der Waals surface area contributed by atoms with Crippen LogP contribution in [0.15, 0.2) is 0 Å². The molecule has 0 aromatic carbocycles. The van der Waals surface area contributed by atoms with Gasteiger partial charge >= 0.3 is 0 Å². The third-order valence-corrected chi connectivity index (χ3v) is 5.56. The minimum absolute atomic E-state index is 0.721. The van der Waals surface area contributed by atoms with E-state index in [-0.39, 0.29) is 0 Å². The van der Waals surface area contributed by atoms with Crippen molar-refractivity contribution in [3.8, 4) is 11.8 Å². The van der Waals surface area contributed by atoms with Gasteiger partial charge in [-0.05, 0) is 63.3 Å². The molecule has 0 aliphatic heterocycles. The summed E-state index contributed by atoms with van der Waals surface area (Å²) in [5.41, 5.74) is 0. The number of rotatable bonds is 6. The summed E-state index contributed by atoms with van der Waals surface area (Å²) in [7, 11) is 0. The first-order valence-electron chi connectivity index (χ1n) is 8.98. The number of hydrogen-bond acceptors (Lipinski definition) is 1. The van der Waals surface area contributed by atoms with Gasteiger partial charge in [0.05, 0.1) is 0 Å². The van der Waals surface area contributed by atoms with Crippen LogP contribution < -0.4 is 5.32 Å². The number of fused-ring (bicyclic) bond motifs is 1. The molecule has 114 valence electrons. The molecule has 0 spiro atoms. The molecule has 4 atom stereocenters. The molecule has 0 aromatic rings. The Morgan fingerprint density at radius 1 is 1.10 bits per heavy atom. The van der Waals surface area contributed by atoms with Crippen molar-refractivity contribution in [2.45, 2.75) is 84.1 Å². The first kappa shape index (κ1) is 15.9. The van der Waals surface area contributed by atoms with Crippen LogP contribution in [0, 0.1) is 29.6 Å². The molecule has 2 aliphatic rings. The second-order valence-electron chi connectivity index (χ2n) is 6.90. The Hall–Kier alpha value is -0.480. The van der Waals surface area contributed by atoms with Crippen molar-refractivity contribution < 1.29 is 0 Å². The van der Waals surface area contributed by atoms with E-state index >= 15 is 0 Å². The van der Waals surface area contributed by atoms with Crippen molar-refractivity contribution in [3.63, 3.8) is 0 Å². The Balaban J connectivity index is 1.87. The van der Waals surface area contributed by atoms with E-state index in [4.69, 9.17) is 0 Å². The molecule has 0 bridgehead atoms. The van der Waals surface area contributed by atoms with Gasteiger partial charge in [0.1, 0.15) is 0 Å². The van der Waals surface area contributed by atoms with Crippen LogP contribution in [0.1, 0.15) is 78.1 Å². The van der Waals surface area contributed by atoms with E-state index in [1.807, 2.05) is 6.92 Å². The molecule has 0 heterocycles. The minimum atomic E-state index is 0.721. The smallest absolute Gasteiger partial charge is 0.0104 e. The van der Waals surface area contributed by atoms with Crippen LogP contribution in [-0.2, 0) is 0 Å². The van der Waals surface area contributed by atoms with Gasteiger partial charge in [-0.25, -0.2) is 0 Å². The lowest BCUT2D eigenvalue weighted by atomic mass is 9.66. The van der Waals surface area contributed by atoms with Crippen molar-refractivity contribution in [2.24, 2.45) is 17.8 Å². The predicted octanol–water partition coefficient (Wildman–Crippen LogP) is 4.76. The van der Waals surface area contributed by atoms with E-state index in [2.05, 4.69) is 24.1 Å². The lowest BCUT2D eigenvalue weighted by Gasteiger charge is -2.42. The van der Waals surface area contributed by atoms with Crippen molar-refractivity contribution in [2.75, 3.05) is 6.54 Å². The zero-order chi connectivity index (χ0) is 14.2. The first-order chi connectivity index (χ1) is 9.85. The quantitative estimate of drug-likeness (QED) is 0.689. The van der Waals surface area contributed by atoms with Gasteiger partial charge in [-0.1, -0.05) is 32.6 Å². The molecule has 2 aliphatic carbocycles. The summed E-state index contributed by atoms with van der Waals surface area (Å²) in [5, 5.41) is 3.83. The molecule has 0 amide bonds. The van der Waals surface area contributed by atoms with Gasteiger partial charge in [0.15, 0.2) is 0 Å². The molecule has 2 fully saturated rings. The zero-order valence-electron chi connectivity index (χ0n) is 13.6. The minimum Gasteiger partial charge on any atom is -0.314 e. The molecule has 1 heteroatoms. The molecule has 20 heavy (non-hydrogen) atoms. The summed E-state index contributed by atoms with van der Waals surface area (Å²) in [5.74, 6) is 9.34. The predicted molar refractivity (Wildman–Crippen MR) is 87.6 cm³/mol. The van der Waals surface area contributed by atoms with Crippen LogP contribution in [0.3, 0.4) is 0 Å². The normalized spacial score (nSPS) is 31.0. The van der Waals surface area contributed by atoms with Gasteiger partial charge in [0.25, 0.3) is 0 Å². The van der Waals surface area contributed by atoms with Crippen LogP contribution in [0.2, 0.25) is 0 Å². The van der Waals surface area contributed by atoms with Crippen molar-refractivity contribution in [1.29, 1.82) is 0 Å². The largest absolute Gasteiger partial charge is 0.314 e. The molecule has 2 rings (SSSR count). The maximum atomic E-state index is 3.83. The fourth-order valence-corrected chi connectivity index (χ4v) is 4.46. The monoisotopic (exact) mass is 275 g/mol. The van der Waals surface area contributed by atoms with Crippen molar-refractivity contribution >= 4 is 0 Å². The summed E-state index contributed by atoms with van der Waals surface area (Å²) < 4.78 is 0. The summed E-state index contributed by atoms with van der Waals surface area (Å²) in [4.78, 5) is 0. The topological polar surface area (TPSA) is 12.0 Å². The fourth-order valence-electron chi connectivity index (χ4n) is 4.46. The van der Waals surface area contributed by atoms with Gasteiger partial charge in [0, 0.05) is 12.5 Å². The Morgan fingerprint density at radius 2 is 1.90 bits per heavy atom. The third kappa shape index (κ3) is 4.52. The molecule has 4 unspecified atom stereocenters. The average Bonchev–Trinajstić information content (AvgIpc) is 2.50. The molecule has 2 saturated carbocycles. The van der Waals surface area contributed by atoms with E-state index in [0.29, 0.717) is 0 Å². The summed E-state index contributed by atoms with van der Waals surface area (Å²) in [6, 6.07) is 0.721. The lowest BCUT2D eigenvalue weighted by molar-refractivity contribution is 0.107. The van der Waals surface area contributed by atoms with Crippen LogP contribution in [0.4, 0.5) is 0 Å². The van der Waals surface area contributed by atoms with Gasteiger partial charge in [0.2, 0.25) is 0 Å². The molecule has 1 nitrogen and oxygen atoms in total. The van der Waals surface area contributed by atoms with Crippen molar-refractivity contribution in [1.82, 2.24) is 5.32 Å². The van der Waals surface area contributed by atoms with E-state index in [1.54, 1.807) is 0 Å². The zero-order valence-corrected chi connectivity index (χ0v) is 13.6. The highest BCUT2D eigenvalue weighted by molar-refractivity contribution is 4.97. The van der Waals surface area contributed by atoms with E-state index in [0.717, 1.165) is 30.2 Å². The van der Waals surface area contributed by atoms with Gasteiger partial charge in [-0.3, -0.25) is 0 Å². The molecule has 0 saturated heterocycles. The third-order valence-electron chi connectivity index (χ3n) is 5.56. The highest BCUT2D eigenvalue weighted by Gasteiger charge is 2.34. The Labute approximate surface area is 126 Å². The van der Waals surface area contributed by atoms with Crippen LogP contribution in [0.25, 0.3) is 0 Å². The Kier molecular flexibility index (Phi) is 6.94. The fraction of sp³-hybridized carbons (Fsp3) is 0.895. The summed E-state index contributed by atoms with van der Waals surface area (Å²) in [6.07, 6.45) is 14.0. The van der Waals surface area contributed by atoms with E-state index in [1.165, 1.54) is 64.3 Å². The van der Waals surface area contributed by atoms with Gasteiger partial charge in [-0.15, -0.1) is 11.8 Å². The maximum Gasteiger partial charge on any atom is 0.0104 e. The number of hydrogen-bond donors (Lipinski definition) is 1. The highest BCUT2D eigenvalue weighted by Crippen LogP contribution is 2.44. The molecule has 1 N–H and O–H groups in total. The van der Waals surface area contributed by atoms with E-state index < -0.39 is 0 Å². The molecule has 0 radical (unpaired) electrons. The maximum absolute atomic E-state index is 3.83. The highest BCUT2D eigenvalue weighted by atomic mass is 14.9. The van der Waals surface area contributed by atoms with Gasteiger partial charge in [-0.2, -0.15) is 0 Å². The molecular weight excluding hydrogens is 242 g/mol. The number of nitrogens with one attached hydrogen (secondary N) is 1. The average molecular weight is 275 g/mol. The van der Waals surface area contributed by atoms with Crippen LogP contribution in [0.5, 0.6) is 0 Å². The summed E-state index contributed by atoms with van der Waals surface area (Å²) in [6.45, 7) is 5.41. The second kappa shape index (κ2) is 8.73. The Morgan fingerprint density at radius 3 is 2.65 bits per heavy atom. The summed E-state index contributed by atoms with van der Waals surface area (Å²) >= 11 is 0. The van der Waals surface area contributed by atoms with Crippen LogP contribution in [-0.4, -0.2) is 12.6 Å². The van der Waals surface area contributed by atoms with Crippen LogP contribution >= 0.6 is 0 Å². The van der Waals surface area contributed by atoms with Crippen molar-refractivity contribution in [3.05, 3.63) is 0 Å². The molecule has 0 aromatic heterocycles. The standard InChI is InChI=1S/C19H33N/c1-3-5-6-11-19(20-14-4-2)18-13-12-16-9-7-8-10-17(16)15-18/h16-20H,4,6-15H2,1-2H3. The second-order valence-corrected chi connectivity index (χ2v) is 6.90. The first-order valence-corrected chi connectivity index (χ1v) is 8.98. The lowest BCUT2D eigenvalue weighted by Crippen LogP contribution is -2.41. The van der Waals surface area contributed by atoms with Gasteiger partial charge < -0.3 is 5.32 Å². The van der Waals surface area contributed by atoms with E-state index in [9.17, 15) is 0 Å². The molecular formula is C19H33N. The SMILES string of the molecule is CC#CCCC(NCCC)C1CCC2CCCCC2C1.